The summed E-state index contributed by atoms with van der Waals surface area (Å²) in [5.41, 5.74) is 5.94. The van der Waals surface area contributed by atoms with E-state index >= 15 is 0 Å². The fourth-order valence-electron chi connectivity index (χ4n) is 3.93. The van der Waals surface area contributed by atoms with Crippen LogP contribution in [0.5, 0.6) is 0 Å². The SMILES string of the molecule is Cc1ccc2[nH]c3c(c2c1)C(C)(C)C1C=CC3C1.O=C=O. The first-order valence-electron chi connectivity index (χ1n) is 7.29. The molecular weight excluding hydrogens is 262 g/mol. The predicted octanol–water partition coefficient (Wildman–Crippen LogP) is 3.84. The van der Waals surface area contributed by atoms with E-state index in [0.717, 1.165) is 0 Å². The molecule has 2 bridgehead atoms. The molecule has 2 unspecified atom stereocenters. The summed E-state index contributed by atoms with van der Waals surface area (Å²) in [6.45, 7) is 6.98. The predicted molar refractivity (Wildman–Crippen MR) is 81.1 cm³/mol. The molecule has 108 valence electrons. The minimum absolute atomic E-state index is 0.250. The Labute approximate surface area is 124 Å². The third-order valence-corrected chi connectivity index (χ3v) is 5.01. The van der Waals surface area contributed by atoms with Gasteiger partial charge in [-0.25, -0.2) is 0 Å². The van der Waals surface area contributed by atoms with Crippen molar-refractivity contribution < 1.29 is 9.59 Å². The largest absolute Gasteiger partial charge is 0.373 e. The Balaban J connectivity index is 0.000000409. The van der Waals surface area contributed by atoms with Crippen molar-refractivity contribution in [1.82, 2.24) is 4.98 Å². The Morgan fingerprint density at radius 3 is 2.67 bits per heavy atom. The second-order valence-corrected chi connectivity index (χ2v) is 6.60. The maximum Gasteiger partial charge on any atom is 0.373 e. The third-order valence-electron chi connectivity index (χ3n) is 5.01. The van der Waals surface area contributed by atoms with Crippen LogP contribution in [0, 0.1) is 12.8 Å². The number of nitrogens with one attached hydrogen (secondary N) is 1. The molecule has 0 radical (unpaired) electrons. The summed E-state index contributed by atoms with van der Waals surface area (Å²) in [5, 5.41) is 1.44. The molecule has 0 saturated carbocycles. The minimum Gasteiger partial charge on any atom is -0.358 e. The van der Waals surface area contributed by atoms with Crippen molar-refractivity contribution in [3.8, 4) is 0 Å². The number of aryl methyl sites for hydroxylation is 1. The first-order chi connectivity index (χ1) is 9.98. The van der Waals surface area contributed by atoms with E-state index in [-0.39, 0.29) is 11.6 Å². The lowest BCUT2D eigenvalue weighted by atomic mass is 9.67. The Hall–Kier alpha value is -2.12. The topological polar surface area (TPSA) is 49.9 Å². The number of benzene rings is 1. The zero-order valence-electron chi connectivity index (χ0n) is 12.6. The van der Waals surface area contributed by atoms with Gasteiger partial charge in [0.05, 0.1) is 0 Å². The number of hydrogen-bond acceptors (Lipinski definition) is 2. The monoisotopic (exact) mass is 281 g/mol. The number of fused-ring (bicyclic) bond motifs is 6. The molecule has 0 saturated heterocycles. The van der Waals surface area contributed by atoms with Crippen molar-refractivity contribution in [3.63, 3.8) is 0 Å². The van der Waals surface area contributed by atoms with Gasteiger partial charge < -0.3 is 4.98 Å². The molecule has 0 aliphatic heterocycles. The van der Waals surface area contributed by atoms with Crippen molar-refractivity contribution >= 4 is 17.1 Å². The van der Waals surface area contributed by atoms with Crippen LogP contribution >= 0.6 is 0 Å². The molecule has 1 N–H and O–H groups in total. The molecule has 2 aromatic rings. The number of H-pyrrole nitrogens is 1. The van der Waals surface area contributed by atoms with Crippen LogP contribution in [-0.4, -0.2) is 11.1 Å². The summed E-state index contributed by atoms with van der Waals surface area (Å²) in [6.07, 6.45) is 6.37. The molecule has 0 fully saturated rings. The van der Waals surface area contributed by atoms with Crippen molar-refractivity contribution in [1.29, 1.82) is 0 Å². The van der Waals surface area contributed by atoms with Gasteiger partial charge >= 0.3 is 6.15 Å². The zero-order valence-corrected chi connectivity index (χ0v) is 12.6. The number of allylic oxidation sites excluding steroid dienone is 2. The van der Waals surface area contributed by atoms with Gasteiger partial charge in [0.2, 0.25) is 0 Å². The lowest BCUT2D eigenvalue weighted by Gasteiger charge is -2.37. The lowest BCUT2D eigenvalue weighted by molar-refractivity contribution is -0.191. The molecule has 2 aliphatic carbocycles. The molecule has 2 atom stereocenters. The van der Waals surface area contributed by atoms with Crippen LogP contribution in [0.1, 0.15) is 43.0 Å². The normalized spacial score (nSPS) is 24.1. The highest BCUT2D eigenvalue weighted by atomic mass is 16.2. The Morgan fingerprint density at radius 1 is 1.24 bits per heavy atom. The van der Waals surface area contributed by atoms with Crippen LogP contribution in [0.3, 0.4) is 0 Å². The van der Waals surface area contributed by atoms with E-state index in [2.05, 4.69) is 56.1 Å². The first-order valence-corrected chi connectivity index (χ1v) is 7.29. The molecule has 2 aliphatic rings. The molecule has 0 amide bonds. The van der Waals surface area contributed by atoms with Crippen LogP contribution in [0.2, 0.25) is 0 Å². The van der Waals surface area contributed by atoms with E-state index in [0.29, 0.717) is 11.8 Å². The van der Waals surface area contributed by atoms with Gasteiger partial charge in [-0.3, -0.25) is 0 Å². The molecular formula is C18H19NO2. The number of rotatable bonds is 0. The lowest BCUT2D eigenvalue weighted by Crippen LogP contribution is -2.31. The van der Waals surface area contributed by atoms with Gasteiger partial charge in [0.1, 0.15) is 0 Å². The third kappa shape index (κ3) is 1.97. The van der Waals surface area contributed by atoms with Crippen molar-refractivity contribution in [2.75, 3.05) is 0 Å². The minimum atomic E-state index is 0.250. The molecule has 1 aromatic carbocycles. The van der Waals surface area contributed by atoms with E-state index in [1.165, 1.54) is 28.6 Å². The molecule has 3 nitrogen and oxygen atoms in total. The van der Waals surface area contributed by atoms with Crippen LogP contribution in [0.15, 0.2) is 30.4 Å². The summed E-state index contributed by atoms with van der Waals surface area (Å²) >= 11 is 0. The summed E-state index contributed by atoms with van der Waals surface area (Å²) in [5.74, 6) is 1.32. The van der Waals surface area contributed by atoms with E-state index in [1.807, 2.05) is 0 Å². The summed E-state index contributed by atoms with van der Waals surface area (Å²) in [6, 6.07) is 6.78. The number of aromatic amines is 1. The first kappa shape index (κ1) is 13.8. The number of aromatic nitrogens is 1. The second kappa shape index (κ2) is 4.71. The maximum atomic E-state index is 8.12. The van der Waals surface area contributed by atoms with Crippen molar-refractivity contribution in [2.45, 2.75) is 38.5 Å². The smallest absolute Gasteiger partial charge is 0.358 e. The average Bonchev–Trinajstić information content (AvgIpc) is 3.00. The quantitative estimate of drug-likeness (QED) is 0.746. The Bertz CT molecular complexity index is 761. The van der Waals surface area contributed by atoms with Crippen molar-refractivity contribution in [3.05, 3.63) is 47.2 Å². The maximum absolute atomic E-state index is 8.12. The van der Waals surface area contributed by atoms with Gasteiger partial charge in [-0.05, 0) is 42.4 Å². The van der Waals surface area contributed by atoms with Gasteiger partial charge in [-0.2, -0.15) is 9.59 Å². The summed E-state index contributed by atoms with van der Waals surface area (Å²) < 4.78 is 0. The van der Waals surface area contributed by atoms with Crippen LogP contribution in [-0.2, 0) is 15.0 Å². The fraction of sp³-hybridized carbons (Fsp3) is 0.389. The summed E-state index contributed by atoms with van der Waals surface area (Å²) in [7, 11) is 0. The van der Waals surface area contributed by atoms with Crippen LogP contribution in [0.4, 0.5) is 0 Å². The molecule has 1 aromatic heterocycles. The highest BCUT2D eigenvalue weighted by Crippen LogP contribution is 2.53. The van der Waals surface area contributed by atoms with Gasteiger partial charge in [0.15, 0.2) is 0 Å². The standard InChI is InChI=1S/C17H19N.CO2/c1-10-4-7-14-13(8-10)15-16(18-14)11-5-6-12(9-11)17(15,2)3;2-1-3/h4-8,11-12,18H,9H2,1-3H3;. The van der Waals surface area contributed by atoms with Gasteiger partial charge in [0, 0.05) is 22.5 Å². The highest BCUT2D eigenvalue weighted by Gasteiger charge is 2.43. The van der Waals surface area contributed by atoms with Crippen molar-refractivity contribution in [2.24, 2.45) is 5.92 Å². The van der Waals surface area contributed by atoms with Crippen LogP contribution in [0.25, 0.3) is 10.9 Å². The molecule has 3 heteroatoms. The fourth-order valence-corrected chi connectivity index (χ4v) is 3.93. The zero-order chi connectivity index (χ0) is 15.2. The second-order valence-electron chi connectivity index (χ2n) is 6.60. The molecule has 0 spiro atoms. The number of hydrogen-bond donors (Lipinski definition) is 1. The Morgan fingerprint density at radius 2 is 1.95 bits per heavy atom. The van der Waals surface area contributed by atoms with Crippen LogP contribution < -0.4 is 0 Å². The number of carbonyl (C=O) groups excluding carboxylic acids is 2. The van der Waals surface area contributed by atoms with E-state index in [9.17, 15) is 0 Å². The van der Waals surface area contributed by atoms with Gasteiger partial charge in [-0.1, -0.05) is 37.6 Å². The van der Waals surface area contributed by atoms with Gasteiger partial charge in [-0.15, -0.1) is 0 Å². The molecule has 21 heavy (non-hydrogen) atoms. The van der Waals surface area contributed by atoms with Gasteiger partial charge in [0.25, 0.3) is 0 Å². The van der Waals surface area contributed by atoms with E-state index in [4.69, 9.17) is 9.59 Å². The Kier molecular flexibility index (Phi) is 3.11. The highest BCUT2D eigenvalue weighted by molar-refractivity contribution is 5.87. The van der Waals surface area contributed by atoms with E-state index < -0.39 is 0 Å². The molecule has 4 rings (SSSR count). The average molecular weight is 281 g/mol. The molecule has 1 heterocycles. The summed E-state index contributed by atoms with van der Waals surface area (Å²) in [4.78, 5) is 19.9. The van der Waals surface area contributed by atoms with E-state index in [1.54, 1.807) is 5.56 Å².